The average Bonchev–Trinajstić information content (AvgIpc) is 2.85. The summed E-state index contributed by atoms with van der Waals surface area (Å²) in [6.45, 7) is 1.48. The molecule has 0 saturated carbocycles. The molecule has 0 spiro atoms. The lowest BCUT2D eigenvalue weighted by Crippen LogP contribution is -2.02. The van der Waals surface area contributed by atoms with E-state index in [4.69, 9.17) is 10.5 Å². The molecular weight excluding hydrogens is 384 g/mol. The number of anilines is 2. The Labute approximate surface area is 134 Å². The number of nitrogen functional groups attached to an aromatic ring is 1. The molecule has 0 saturated heterocycles. The minimum Gasteiger partial charge on any atom is -0.493 e. The predicted molar refractivity (Wildman–Crippen MR) is 89.2 cm³/mol. The minimum absolute atomic E-state index is 0.713. The Morgan fingerprint density at radius 3 is 2.85 bits per heavy atom. The SMILES string of the molecule is Nc1ccc(NCc2cc(Br)cc3c2OCC3)c(Br)c1. The van der Waals surface area contributed by atoms with E-state index in [9.17, 15) is 0 Å². The Morgan fingerprint density at radius 1 is 1.20 bits per heavy atom. The second-order valence-electron chi connectivity index (χ2n) is 4.74. The van der Waals surface area contributed by atoms with Crippen molar-refractivity contribution in [1.82, 2.24) is 0 Å². The van der Waals surface area contributed by atoms with Crippen molar-refractivity contribution in [2.45, 2.75) is 13.0 Å². The molecule has 1 aliphatic heterocycles. The van der Waals surface area contributed by atoms with Gasteiger partial charge < -0.3 is 15.8 Å². The molecule has 5 heteroatoms. The van der Waals surface area contributed by atoms with E-state index in [2.05, 4.69) is 49.3 Å². The first-order valence-electron chi connectivity index (χ1n) is 6.36. The smallest absolute Gasteiger partial charge is 0.127 e. The highest BCUT2D eigenvalue weighted by atomic mass is 79.9. The highest BCUT2D eigenvalue weighted by Gasteiger charge is 2.17. The van der Waals surface area contributed by atoms with Crippen LogP contribution in [0.2, 0.25) is 0 Å². The molecule has 0 bridgehead atoms. The van der Waals surface area contributed by atoms with E-state index in [0.29, 0.717) is 6.54 Å². The van der Waals surface area contributed by atoms with E-state index >= 15 is 0 Å². The van der Waals surface area contributed by atoms with E-state index in [-0.39, 0.29) is 0 Å². The summed E-state index contributed by atoms with van der Waals surface area (Å²) in [5.74, 6) is 1.02. The number of fused-ring (bicyclic) bond motifs is 1. The maximum atomic E-state index is 5.74. The van der Waals surface area contributed by atoms with Crippen LogP contribution in [0.3, 0.4) is 0 Å². The fraction of sp³-hybridized carbons (Fsp3) is 0.200. The zero-order valence-corrected chi connectivity index (χ0v) is 13.9. The van der Waals surface area contributed by atoms with E-state index in [1.807, 2.05) is 18.2 Å². The van der Waals surface area contributed by atoms with Gasteiger partial charge in [0.1, 0.15) is 5.75 Å². The van der Waals surface area contributed by atoms with Crippen LogP contribution in [0.25, 0.3) is 0 Å². The number of ether oxygens (including phenoxy) is 1. The molecule has 0 fully saturated rings. The van der Waals surface area contributed by atoms with Gasteiger partial charge in [-0.2, -0.15) is 0 Å². The van der Waals surface area contributed by atoms with Crippen LogP contribution in [0.15, 0.2) is 39.3 Å². The lowest BCUT2D eigenvalue weighted by molar-refractivity contribution is 0.354. The Bertz CT molecular complexity index is 659. The molecule has 0 aliphatic carbocycles. The fourth-order valence-corrected chi connectivity index (χ4v) is 3.43. The Hall–Kier alpha value is -1.20. The van der Waals surface area contributed by atoms with Crippen LogP contribution in [0, 0.1) is 0 Å². The number of rotatable bonds is 3. The van der Waals surface area contributed by atoms with Crippen molar-refractivity contribution in [3.8, 4) is 5.75 Å². The minimum atomic E-state index is 0.713. The van der Waals surface area contributed by atoms with Gasteiger partial charge in [0, 0.05) is 38.8 Å². The van der Waals surface area contributed by atoms with Crippen LogP contribution >= 0.6 is 31.9 Å². The van der Waals surface area contributed by atoms with E-state index in [0.717, 1.165) is 44.7 Å². The summed E-state index contributed by atoms with van der Waals surface area (Å²) in [7, 11) is 0. The van der Waals surface area contributed by atoms with Crippen LogP contribution in [-0.4, -0.2) is 6.61 Å². The zero-order valence-electron chi connectivity index (χ0n) is 10.7. The van der Waals surface area contributed by atoms with Gasteiger partial charge in [-0.05, 0) is 51.8 Å². The van der Waals surface area contributed by atoms with Crippen LogP contribution in [-0.2, 0) is 13.0 Å². The quantitative estimate of drug-likeness (QED) is 0.757. The van der Waals surface area contributed by atoms with Gasteiger partial charge in [-0.15, -0.1) is 0 Å². The van der Waals surface area contributed by atoms with Crippen LogP contribution in [0.1, 0.15) is 11.1 Å². The van der Waals surface area contributed by atoms with Crippen molar-refractivity contribution in [2.24, 2.45) is 0 Å². The normalized spacial score (nSPS) is 12.9. The first-order valence-corrected chi connectivity index (χ1v) is 7.95. The van der Waals surface area contributed by atoms with Crippen LogP contribution < -0.4 is 15.8 Å². The second-order valence-corrected chi connectivity index (χ2v) is 6.51. The van der Waals surface area contributed by atoms with Crippen LogP contribution in [0.4, 0.5) is 11.4 Å². The predicted octanol–water partition coefficient (Wildman–Crippen LogP) is 4.34. The van der Waals surface area contributed by atoms with Crippen molar-refractivity contribution < 1.29 is 4.74 Å². The number of hydrogen-bond donors (Lipinski definition) is 2. The Balaban J connectivity index is 1.82. The molecule has 0 aromatic heterocycles. The molecule has 0 radical (unpaired) electrons. The molecule has 1 aliphatic rings. The third-order valence-electron chi connectivity index (χ3n) is 3.29. The molecule has 2 aromatic carbocycles. The van der Waals surface area contributed by atoms with Crippen molar-refractivity contribution >= 4 is 43.2 Å². The largest absolute Gasteiger partial charge is 0.493 e. The van der Waals surface area contributed by atoms with Gasteiger partial charge in [0.2, 0.25) is 0 Å². The number of benzene rings is 2. The summed E-state index contributed by atoms with van der Waals surface area (Å²) < 4.78 is 7.79. The summed E-state index contributed by atoms with van der Waals surface area (Å²) in [5, 5.41) is 3.41. The molecule has 0 atom stereocenters. The molecule has 1 heterocycles. The third kappa shape index (κ3) is 2.79. The number of nitrogens with one attached hydrogen (secondary N) is 1. The average molecular weight is 398 g/mol. The fourth-order valence-electron chi connectivity index (χ4n) is 2.34. The lowest BCUT2D eigenvalue weighted by Gasteiger charge is -2.12. The molecule has 3 rings (SSSR count). The molecule has 104 valence electrons. The summed E-state index contributed by atoms with van der Waals surface area (Å²) in [4.78, 5) is 0. The van der Waals surface area contributed by atoms with Gasteiger partial charge in [-0.3, -0.25) is 0 Å². The van der Waals surface area contributed by atoms with Gasteiger partial charge in [-0.25, -0.2) is 0 Å². The van der Waals surface area contributed by atoms with Gasteiger partial charge in [0.05, 0.1) is 6.61 Å². The summed E-state index contributed by atoms with van der Waals surface area (Å²) in [6.07, 6.45) is 0.980. The maximum Gasteiger partial charge on any atom is 0.127 e. The molecular formula is C15H14Br2N2O. The highest BCUT2D eigenvalue weighted by Crippen LogP contribution is 2.34. The van der Waals surface area contributed by atoms with Gasteiger partial charge in [0.15, 0.2) is 0 Å². The summed E-state index contributed by atoms with van der Waals surface area (Å²) in [6, 6.07) is 9.98. The maximum absolute atomic E-state index is 5.74. The number of hydrogen-bond acceptors (Lipinski definition) is 3. The van der Waals surface area contributed by atoms with E-state index in [1.165, 1.54) is 5.56 Å². The lowest BCUT2D eigenvalue weighted by atomic mass is 10.1. The molecule has 3 N–H and O–H groups in total. The first-order chi connectivity index (χ1) is 9.63. The monoisotopic (exact) mass is 396 g/mol. The van der Waals surface area contributed by atoms with E-state index < -0.39 is 0 Å². The topological polar surface area (TPSA) is 47.3 Å². The number of nitrogens with two attached hydrogens (primary N) is 1. The summed E-state index contributed by atoms with van der Waals surface area (Å²) in [5.41, 5.74) is 9.94. The van der Waals surface area contributed by atoms with Crippen molar-refractivity contribution in [3.05, 3.63) is 50.4 Å². The third-order valence-corrected chi connectivity index (χ3v) is 4.40. The Morgan fingerprint density at radius 2 is 2.05 bits per heavy atom. The van der Waals surface area contributed by atoms with Crippen molar-refractivity contribution in [1.29, 1.82) is 0 Å². The van der Waals surface area contributed by atoms with Gasteiger partial charge >= 0.3 is 0 Å². The first kappa shape index (κ1) is 13.8. The van der Waals surface area contributed by atoms with Gasteiger partial charge in [-0.1, -0.05) is 15.9 Å². The van der Waals surface area contributed by atoms with Crippen LogP contribution in [0.5, 0.6) is 5.75 Å². The molecule has 0 unspecified atom stereocenters. The van der Waals surface area contributed by atoms with E-state index in [1.54, 1.807) is 0 Å². The number of halogens is 2. The van der Waals surface area contributed by atoms with Crippen molar-refractivity contribution in [2.75, 3.05) is 17.7 Å². The second kappa shape index (κ2) is 5.66. The highest BCUT2D eigenvalue weighted by molar-refractivity contribution is 9.10. The molecule has 3 nitrogen and oxygen atoms in total. The molecule has 20 heavy (non-hydrogen) atoms. The zero-order chi connectivity index (χ0) is 14.1. The standard InChI is InChI=1S/C15H14Br2N2O/c16-11-5-9-3-4-20-15(9)10(6-11)8-19-14-2-1-12(18)7-13(14)17/h1-2,5-7,19H,3-4,8,18H2. The van der Waals surface area contributed by atoms with Gasteiger partial charge in [0.25, 0.3) is 0 Å². The molecule has 2 aromatic rings. The summed E-state index contributed by atoms with van der Waals surface area (Å²) >= 11 is 7.07. The van der Waals surface area contributed by atoms with Crippen molar-refractivity contribution in [3.63, 3.8) is 0 Å². The molecule has 0 amide bonds. The Kier molecular flexibility index (Phi) is 3.89.